The van der Waals surface area contributed by atoms with Crippen LogP contribution in [0.3, 0.4) is 0 Å². The van der Waals surface area contributed by atoms with Gasteiger partial charge in [0.1, 0.15) is 5.75 Å². The summed E-state index contributed by atoms with van der Waals surface area (Å²) in [7, 11) is 3.09. The third-order valence-electron chi connectivity index (χ3n) is 3.88. The third kappa shape index (κ3) is 5.91. The highest BCUT2D eigenvalue weighted by molar-refractivity contribution is 5.83. The Bertz CT molecular complexity index is 788. The molecular formula is C20H23NO6. The molecule has 2 aromatic carbocycles. The number of methoxy groups -OCH3 is 2. The molecule has 0 spiro atoms. The fourth-order valence-corrected chi connectivity index (χ4v) is 2.40. The Morgan fingerprint density at radius 1 is 1.00 bits per heavy atom. The average molecular weight is 373 g/mol. The van der Waals surface area contributed by atoms with E-state index in [0.29, 0.717) is 17.1 Å². The highest BCUT2D eigenvalue weighted by Gasteiger charge is 2.18. The Balaban J connectivity index is 1.84. The fraction of sp³-hybridized carbons (Fsp3) is 0.300. The van der Waals surface area contributed by atoms with E-state index in [4.69, 9.17) is 14.2 Å². The highest BCUT2D eigenvalue weighted by Crippen LogP contribution is 2.27. The van der Waals surface area contributed by atoms with E-state index in [1.807, 2.05) is 6.07 Å². The molecule has 7 nitrogen and oxygen atoms in total. The van der Waals surface area contributed by atoms with Gasteiger partial charge in [0.25, 0.3) is 5.91 Å². The maximum absolute atomic E-state index is 12.1. The van der Waals surface area contributed by atoms with Crippen LogP contribution in [0.2, 0.25) is 0 Å². The number of nitrogens with one attached hydrogen (secondary N) is 1. The minimum Gasteiger partial charge on any atom is -0.508 e. The van der Waals surface area contributed by atoms with Gasteiger partial charge in [0.15, 0.2) is 17.6 Å². The molecule has 144 valence electrons. The number of hydrogen-bond donors (Lipinski definition) is 2. The van der Waals surface area contributed by atoms with E-state index in [9.17, 15) is 14.7 Å². The molecule has 2 aromatic rings. The molecular weight excluding hydrogens is 350 g/mol. The van der Waals surface area contributed by atoms with Gasteiger partial charge in [-0.25, -0.2) is 0 Å². The molecule has 27 heavy (non-hydrogen) atoms. The number of esters is 1. The largest absolute Gasteiger partial charge is 0.508 e. The van der Waals surface area contributed by atoms with E-state index in [1.165, 1.54) is 26.2 Å². The van der Waals surface area contributed by atoms with Gasteiger partial charge in [-0.2, -0.15) is 0 Å². The molecule has 7 heteroatoms. The number of benzene rings is 2. The molecule has 2 rings (SSSR count). The minimum atomic E-state index is -0.922. The van der Waals surface area contributed by atoms with Crippen LogP contribution in [0.25, 0.3) is 0 Å². The molecule has 0 unspecified atom stereocenters. The minimum absolute atomic E-state index is 0.0214. The Morgan fingerprint density at radius 2 is 1.63 bits per heavy atom. The number of rotatable bonds is 8. The van der Waals surface area contributed by atoms with Crippen molar-refractivity contribution in [2.24, 2.45) is 0 Å². The molecule has 0 heterocycles. The van der Waals surface area contributed by atoms with Crippen molar-refractivity contribution in [1.82, 2.24) is 5.32 Å². The van der Waals surface area contributed by atoms with Gasteiger partial charge in [-0.3, -0.25) is 9.59 Å². The average Bonchev–Trinajstić information content (AvgIpc) is 2.67. The summed E-state index contributed by atoms with van der Waals surface area (Å²) in [6.07, 6.45) is -0.900. The number of aromatic hydroxyl groups is 1. The van der Waals surface area contributed by atoms with Crippen LogP contribution in [-0.4, -0.2) is 37.3 Å². The maximum Gasteiger partial charge on any atom is 0.311 e. The number of amides is 1. The van der Waals surface area contributed by atoms with Crippen LogP contribution in [0, 0.1) is 0 Å². The first-order valence-corrected chi connectivity index (χ1v) is 8.39. The lowest BCUT2D eigenvalue weighted by atomic mass is 10.1. The van der Waals surface area contributed by atoms with Gasteiger partial charge in [-0.05, 0) is 42.3 Å². The molecule has 0 aromatic heterocycles. The van der Waals surface area contributed by atoms with Crippen LogP contribution in [0.5, 0.6) is 17.2 Å². The third-order valence-corrected chi connectivity index (χ3v) is 3.88. The first-order valence-electron chi connectivity index (χ1n) is 8.39. The second kappa shape index (κ2) is 9.47. The van der Waals surface area contributed by atoms with E-state index in [2.05, 4.69) is 5.32 Å². The summed E-state index contributed by atoms with van der Waals surface area (Å²) in [5.41, 5.74) is 1.51. The van der Waals surface area contributed by atoms with Gasteiger partial charge in [0, 0.05) is 6.54 Å². The summed E-state index contributed by atoms with van der Waals surface area (Å²) >= 11 is 0. The molecule has 0 bridgehead atoms. The zero-order valence-corrected chi connectivity index (χ0v) is 15.5. The molecule has 0 saturated carbocycles. The van der Waals surface area contributed by atoms with E-state index in [1.54, 1.807) is 31.4 Å². The first-order chi connectivity index (χ1) is 12.9. The summed E-state index contributed by atoms with van der Waals surface area (Å²) < 4.78 is 15.6. The zero-order chi connectivity index (χ0) is 19.8. The van der Waals surface area contributed by atoms with Crippen molar-refractivity contribution in [3.63, 3.8) is 0 Å². The Morgan fingerprint density at radius 3 is 2.26 bits per heavy atom. The second-order valence-electron chi connectivity index (χ2n) is 5.88. The van der Waals surface area contributed by atoms with Crippen molar-refractivity contribution in [2.75, 3.05) is 14.2 Å². The van der Waals surface area contributed by atoms with Gasteiger partial charge in [-0.15, -0.1) is 0 Å². The predicted octanol–water partition coefficient (Wildman–Crippen LogP) is 2.20. The highest BCUT2D eigenvalue weighted by atomic mass is 16.5. The van der Waals surface area contributed by atoms with Crippen molar-refractivity contribution in [2.45, 2.75) is 26.0 Å². The topological polar surface area (TPSA) is 94.1 Å². The Kier molecular flexibility index (Phi) is 7.05. The van der Waals surface area contributed by atoms with Crippen LogP contribution in [-0.2, 0) is 27.3 Å². The number of carbonyl (C=O) groups is 2. The number of phenols is 1. The van der Waals surface area contributed by atoms with E-state index in [-0.39, 0.29) is 18.7 Å². The lowest BCUT2D eigenvalue weighted by Crippen LogP contribution is -2.35. The van der Waals surface area contributed by atoms with E-state index >= 15 is 0 Å². The SMILES string of the molecule is COc1ccc(CNC(=O)[C@H](C)OC(=O)Cc2ccc(O)cc2)cc1OC. The Hall–Kier alpha value is -3.22. The van der Waals surface area contributed by atoms with E-state index < -0.39 is 18.0 Å². The molecule has 0 aliphatic heterocycles. The van der Waals surface area contributed by atoms with Crippen LogP contribution in [0.1, 0.15) is 18.1 Å². The summed E-state index contributed by atoms with van der Waals surface area (Å²) in [6.45, 7) is 1.78. The van der Waals surface area contributed by atoms with Gasteiger partial charge < -0.3 is 24.6 Å². The van der Waals surface area contributed by atoms with Crippen LogP contribution >= 0.6 is 0 Å². The molecule has 0 fully saturated rings. The lowest BCUT2D eigenvalue weighted by molar-refractivity contribution is -0.154. The summed E-state index contributed by atoms with van der Waals surface area (Å²) in [4.78, 5) is 24.1. The van der Waals surface area contributed by atoms with Crippen molar-refractivity contribution >= 4 is 11.9 Å². The van der Waals surface area contributed by atoms with Gasteiger partial charge in [-0.1, -0.05) is 18.2 Å². The molecule has 2 N–H and O–H groups in total. The fourth-order valence-electron chi connectivity index (χ4n) is 2.40. The van der Waals surface area contributed by atoms with Crippen molar-refractivity contribution in [3.8, 4) is 17.2 Å². The zero-order valence-electron chi connectivity index (χ0n) is 15.5. The molecule has 0 aliphatic carbocycles. The molecule has 1 amide bonds. The number of phenolic OH excluding ortho intramolecular Hbond substituents is 1. The number of ether oxygens (including phenoxy) is 3. The molecule has 0 aliphatic rings. The van der Waals surface area contributed by atoms with Crippen LogP contribution in [0.4, 0.5) is 0 Å². The standard InChI is InChI=1S/C20H23NO6/c1-13(27-19(23)11-14-4-7-16(22)8-5-14)20(24)21-12-15-6-9-17(25-2)18(10-15)26-3/h4-10,13,22H,11-12H2,1-3H3,(H,21,24)/t13-/m0/s1. The van der Waals surface area contributed by atoms with Gasteiger partial charge in [0.05, 0.1) is 20.6 Å². The van der Waals surface area contributed by atoms with Crippen LogP contribution in [0.15, 0.2) is 42.5 Å². The summed E-state index contributed by atoms with van der Waals surface area (Å²) in [5, 5.41) is 12.0. The van der Waals surface area contributed by atoms with Crippen molar-refractivity contribution in [1.29, 1.82) is 0 Å². The van der Waals surface area contributed by atoms with Gasteiger partial charge in [0.2, 0.25) is 0 Å². The monoisotopic (exact) mass is 373 g/mol. The lowest BCUT2D eigenvalue weighted by Gasteiger charge is -2.14. The summed E-state index contributed by atoms with van der Waals surface area (Å²) in [5.74, 6) is 0.370. The summed E-state index contributed by atoms with van der Waals surface area (Å²) in [6, 6.07) is 11.5. The Labute approximate surface area is 157 Å². The van der Waals surface area contributed by atoms with Crippen molar-refractivity contribution in [3.05, 3.63) is 53.6 Å². The van der Waals surface area contributed by atoms with Crippen molar-refractivity contribution < 1.29 is 28.9 Å². The van der Waals surface area contributed by atoms with Crippen LogP contribution < -0.4 is 14.8 Å². The van der Waals surface area contributed by atoms with Gasteiger partial charge >= 0.3 is 5.97 Å². The predicted molar refractivity (Wildman–Crippen MR) is 98.8 cm³/mol. The quantitative estimate of drug-likeness (QED) is 0.689. The second-order valence-corrected chi connectivity index (χ2v) is 5.88. The number of carbonyl (C=O) groups excluding carboxylic acids is 2. The molecule has 0 saturated heterocycles. The smallest absolute Gasteiger partial charge is 0.311 e. The normalized spacial score (nSPS) is 11.4. The molecule has 0 radical (unpaired) electrons. The first kappa shape index (κ1) is 20.1. The molecule has 1 atom stereocenters. The number of hydrogen-bond acceptors (Lipinski definition) is 6. The van der Waals surface area contributed by atoms with E-state index in [0.717, 1.165) is 5.56 Å². The maximum atomic E-state index is 12.1.